The number of carbonyl (C=O) groups excluding carboxylic acids is 1. The Hall–Kier alpha value is -2.25. The Morgan fingerprint density at radius 1 is 1.25 bits per heavy atom. The summed E-state index contributed by atoms with van der Waals surface area (Å²) in [5.41, 5.74) is -0.520. The van der Waals surface area contributed by atoms with Gasteiger partial charge in [-0.3, -0.25) is 14.9 Å². The molecule has 0 fully saturated rings. The number of nitrogens with one attached hydrogen (secondary N) is 1. The van der Waals surface area contributed by atoms with E-state index in [2.05, 4.69) is 15.3 Å². The van der Waals surface area contributed by atoms with Crippen LogP contribution in [0.15, 0.2) is 30.6 Å². The smallest absolute Gasteiger partial charge is 0.282 e. The van der Waals surface area contributed by atoms with Gasteiger partial charge in [-0.25, -0.2) is 9.97 Å². The van der Waals surface area contributed by atoms with Crippen LogP contribution in [-0.4, -0.2) is 20.8 Å². The number of nitrogens with zero attached hydrogens (tertiary/aromatic N) is 3. The third-order valence-electron chi connectivity index (χ3n) is 2.26. The van der Waals surface area contributed by atoms with Gasteiger partial charge in [0, 0.05) is 11.1 Å². The maximum absolute atomic E-state index is 12.0. The van der Waals surface area contributed by atoms with Crippen LogP contribution in [0.3, 0.4) is 0 Å². The molecule has 1 N–H and O–H groups in total. The maximum atomic E-state index is 12.0. The van der Waals surface area contributed by atoms with E-state index in [9.17, 15) is 14.9 Å². The number of nitro benzene ring substituents is 1. The fourth-order valence-electron chi connectivity index (χ4n) is 1.41. The molecule has 9 heteroatoms. The highest BCUT2D eigenvalue weighted by Gasteiger charge is 2.20. The van der Waals surface area contributed by atoms with Crippen molar-refractivity contribution in [3.8, 4) is 0 Å². The molecule has 0 atom stereocenters. The van der Waals surface area contributed by atoms with E-state index < -0.39 is 10.8 Å². The van der Waals surface area contributed by atoms with E-state index in [0.717, 1.165) is 6.07 Å². The molecule has 7 nitrogen and oxygen atoms in total. The topological polar surface area (TPSA) is 98.0 Å². The Balaban J connectivity index is 2.31. The number of halogens is 2. The summed E-state index contributed by atoms with van der Waals surface area (Å²) in [6.45, 7) is 0. The molecule has 0 aliphatic carbocycles. The molecule has 1 aromatic heterocycles. The molecule has 0 radical (unpaired) electrons. The van der Waals surface area contributed by atoms with Crippen LogP contribution in [0.2, 0.25) is 10.2 Å². The summed E-state index contributed by atoms with van der Waals surface area (Å²) >= 11 is 11.3. The largest absolute Gasteiger partial charge is 0.305 e. The quantitative estimate of drug-likeness (QED) is 0.694. The van der Waals surface area contributed by atoms with Gasteiger partial charge in [0.2, 0.25) is 0 Å². The number of carbonyl (C=O) groups is 1. The number of amides is 1. The van der Waals surface area contributed by atoms with E-state index in [1.165, 1.54) is 24.5 Å². The van der Waals surface area contributed by atoms with Gasteiger partial charge in [-0.2, -0.15) is 0 Å². The van der Waals surface area contributed by atoms with E-state index in [1.807, 2.05) is 0 Å². The fourth-order valence-corrected chi connectivity index (χ4v) is 1.68. The van der Waals surface area contributed by atoms with Gasteiger partial charge >= 0.3 is 0 Å². The number of anilines is 1. The Kier molecular flexibility index (Phi) is 4.11. The van der Waals surface area contributed by atoms with Crippen LogP contribution in [0.5, 0.6) is 0 Å². The van der Waals surface area contributed by atoms with Crippen molar-refractivity contribution in [3.63, 3.8) is 0 Å². The molecule has 1 aromatic carbocycles. The molecule has 2 aromatic rings. The Bertz CT molecular complexity index is 676. The summed E-state index contributed by atoms with van der Waals surface area (Å²) in [6.07, 6.45) is 2.47. The third kappa shape index (κ3) is 3.19. The van der Waals surface area contributed by atoms with Crippen LogP contribution in [0.25, 0.3) is 0 Å². The van der Waals surface area contributed by atoms with E-state index in [1.54, 1.807) is 0 Å². The number of aromatic nitrogens is 2. The zero-order chi connectivity index (χ0) is 14.7. The Morgan fingerprint density at radius 2 is 2.00 bits per heavy atom. The molecule has 1 amide bonds. The van der Waals surface area contributed by atoms with Crippen molar-refractivity contribution in [2.45, 2.75) is 0 Å². The van der Waals surface area contributed by atoms with Crippen molar-refractivity contribution in [2.24, 2.45) is 0 Å². The normalized spacial score (nSPS) is 10.1. The van der Waals surface area contributed by atoms with Gasteiger partial charge in [0.05, 0.1) is 17.3 Å². The van der Waals surface area contributed by atoms with Crippen molar-refractivity contribution in [3.05, 3.63) is 56.4 Å². The lowest BCUT2D eigenvalue weighted by Gasteiger charge is -2.05. The van der Waals surface area contributed by atoms with Crippen molar-refractivity contribution in [2.75, 3.05) is 5.32 Å². The monoisotopic (exact) mass is 312 g/mol. The highest BCUT2D eigenvalue weighted by molar-refractivity contribution is 6.31. The highest BCUT2D eigenvalue weighted by Crippen LogP contribution is 2.23. The Morgan fingerprint density at radius 3 is 2.60 bits per heavy atom. The first-order valence-corrected chi connectivity index (χ1v) is 5.96. The standard InChI is InChI=1S/C11H6Cl2N4O3/c12-6-1-2-8(17(19)20)7(3-6)11(18)16-10-5-14-9(13)4-15-10/h1-5H,(H,15,16,18). The number of benzene rings is 1. The van der Waals surface area contributed by atoms with Gasteiger partial charge in [0.15, 0.2) is 5.82 Å². The lowest BCUT2D eigenvalue weighted by atomic mass is 10.1. The van der Waals surface area contributed by atoms with E-state index in [-0.39, 0.29) is 27.2 Å². The second-order valence-electron chi connectivity index (χ2n) is 3.60. The summed E-state index contributed by atoms with van der Waals surface area (Å²) in [5, 5.41) is 13.6. The van der Waals surface area contributed by atoms with Gasteiger partial charge in [-0.1, -0.05) is 23.2 Å². The van der Waals surface area contributed by atoms with Crippen LogP contribution >= 0.6 is 23.2 Å². The van der Waals surface area contributed by atoms with Gasteiger partial charge in [0.25, 0.3) is 11.6 Å². The van der Waals surface area contributed by atoms with Crippen LogP contribution in [0, 0.1) is 10.1 Å². The van der Waals surface area contributed by atoms with Gasteiger partial charge in [0.1, 0.15) is 10.7 Å². The first-order chi connectivity index (χ1) is 9.47. The molecule has 0 aliphatic rings. The molecule has 20 heavy (non-hydrogen) atoms. The molecule has 0 aliphatic heterocycles. The summed E-state index contributed by atoms with van der Waals surface area (Å²) in [5.74, 6) is -0.593. The molecule has 0 saturated heterocycles. The molecule has 2 rings (SSSR count). The molecular formula is C11H6Cl2N4O3. The van der Waals surface area contributed by atoms with Crippen LogP contribution in [0.1, 0.15) is 10.4 Å². The zero-order valence-corrected chi connectivity index (χ0v) is 11.2. The second-order valence-corrected chi connectivity index (χ2v) is 4.42. The van der Waals surface area contributed by atoms with Crippen LogP contribution in [-0.2, 0) is 0 Å². The predicted octanol–water partition coefficient (Wildman–Crippen LogP) is 2.94. The van der Waals surface area contributed by atoms with Gasteiger partial charge in [-0.05, 0) is 12.1 Å². The zero-order valence-electron chi connectivity index (χ0n) is 9.71. The molecule has 102 valence electrons. The molecule has 0 saturated carbocycles. The Labute approximate surface area is 122 Å². The molecule has 0 bridgehead atoms. The predicted molar refractivity (Wildman–Crippen MR) is 73.1 cm³/mol. The average Bonchev–Trinajstić information content (AvgIpc) is 2.41. The minimum Gasteiger partial charge on any atom is -0.305 e. The lowest BCUT2D eigenvalue weighted by Crippen LogP contribution is -2.15. The minimum atomic E-state index is -0.712. The summed E-state index contributed by atoms with van der Waals surface area (Å²) < 4.78 is 0. The van der Waals surface area contributed by atoms with Crippen molar-refractivity contribution in [1.29, 1.82) is 0 Å². The van der Waals surface area contributed by atoms with Gasteiger partial charge < -0.3 is 5.32 Å². The molecule has 0 unspecified atom stereocenters. The van der Waals surface area contributed by atoms with Crippen LogP contribution in [0.4, 0.5) is 11.5 Å². The van der Waals surface area contributed by atoms with Crippen molar-refractivity contribution in [1.82, 2.24) is 9.97 Å². The number of hydrogen-bond acceptors (Lipinski definition) is 5. The van der Waals surface area contributed by atoms with E-state index in [4.69, 9.17) is 23.2 Å². The third-order valence-corrected chi connectivity index (χ3v) is 2.69. The van der Waals surface area contributed by atoms with Crippen molar-refractivity contribution >= 4 is 40.6 Å². The number of rotatable bonds is 3. The summed E-state index contributed by atoms with van der Waals surface area (Å²) in [7, 11) is 0. The molecule has 1 heterocycles. The van der Waals surface area contributed by atoms with Gasteiger partial charge in [-0.15, -0.1) is 0 Å². The minimum absolute atomic E-state index is 0.119. The first-order valence-electron chi connectivity index (χ1n) is 5.20. The SMILES string of the molecule is O=C(Nc1cnc(Cl)cn1)c1cc(Cl)ccc1[N+](=O)[O-]. The highest BCUT2D eigenvalue weighted by atomic mass is 35.5. The molecule has 0 spiro atoms. The lowest BCUT2D eigenvalue weighted by molar-refractivity contribution is -0.385. The summed E-state index contributed by atoms with van der Waals surface area (Å²) in [6, 6.07) is 3.70. The molecular weight excluding hydrogens is 307 g/mol. The van der Waals surface area contributed by atoms with E-state index >= 15 is 0 Å². The average molecular weight is 313 g/mol. The maximum Gasteiger partial charge on any atom is 0.282 e. The summed E-state index contributed by atoms with van der Waals surface area (Å²) in [4.78, 5) is 29.7. The fraction of sp³-hybridized carbons (Fsp3) is 0. The number of hydrogen-bond donors (Lipinski definition) is 1. The first kappa shape index (κ1) is 14.2. The van der Waals surface area contributed by atoms with Crippen molar-refractivity contribution < 1.29 is 9.72 Å². The van der Waals surface area contributed by atoms with Crippen LogP contribution < -0.4 is 5.32 Å². The van der Waals surface area contributed by atoms with E-state index in [0.29, 0.717) is 0 Å². The second kappa shape index (κ2) is 5.81. The number of nitro groups is 1.